The summed E-state index contributed by atoms with van der Waals surface area (Å²) in [6.07, 6.45) is 4.10. The largest absolute Gasteiger partial charge is 0.493 e. The number of hydrogen-bond acceptors (Lipinski definition) is 5. The van der Waals surface area contributed by atoms with E-state index in [1.54, 1.807) is 33.5 Å². The van der Waals surface area contributed by atoms with E-state index in [-0.39, 0.29) is 5.91 Å². The number of nitrogens with one attached hydrogen (secondary N) is 1. The Balaban J connectivity index is 1.72. The van der Waals surface area contributed by atoms with Crippen molar-refractivity contribution < 1.29 is 19.0 Å². The highest BCUT2D eigenvalue weighted by atomic mass is 16.5. The zero-order chi connectivity index (χ0) is 21.8. The molecule has 1 N–H and O–H groups in total. The van der Waals surface area contributed by atoms with Crippen LogP contribution >= 0.6 is 0 Å². The number of carbonyl (C=O) groups is 1. The van der Waals surface area contributed by atoms with Crippen LogP contribution in [0.5, 0.6) is 17.2 Å². The fourth-order valence-electron chi connectivity index (χ4n) is 4.05. The SMILES string of the molecule is COc1cc(NC(=O)c2nc(-c3ccccc3)n3c2CCCCC3)cc(OC)c1OC. The molecular weight excluding hydrogens is 394 g/mol. The summed E-state index contributed by atoms with van der Waals surface area (Å²) in [5.74, 6) is 2.02. The van der Waals surface area contributed by atoms with Crippen LogP contribution in [0.3, 0.4) is 0 Å². The summed E-state index contributed by atoms with van der Waals surface area (Å²) in [6, 6.07) is 13.4. The van der Waals surface area contributed by atoms with Crippen LogP contribution in [0, 0.1) is 0 Å². The Labute approximate surface area is 182 Å². The van der Waals surface area contributed by atoms with Crippen molar-refractivity contribution in [2.75, 3.05) is 26.6 Å². The van der Waals surface area contributed by atoms with Crippen LogP contribution in [-0.2, 0) is 13.0 Å². The second-order valence-electron chi connectivity index (χ2n) is 7.43. The second-order valence-corrected chi connectivity index (χ2v) is 7.43. The van der Waals surface area contributed by atoms with E-state index >= 15 is 0 Å². The third-order valence-corrected chi connectivity index (χ3v) is 5.54. The number of amides is 1. The monoisotopic (exact) mass is 421 g/mol. The maximum atomic E-state index is 13.3. The van der Waals surface area contributed by atoms with Gasteiger partial charge in [0.1, 0.15) is 11.5 Å². The molecule has 0 saturated carbocycles. The van der Waals surface area contributed by atoms with E-state index < -0.39 is 0 Å². The number of fused-ring (bicyclic) bond motifs is 1. The molecule has 0 fully saturated rings. The first-order valence-electron chi connectivity index (χ1n) is 10.4. The van der Waals surface area contributed by atoms with Gasteiger partial charge in [0.15, 0.2) is 11.5 Å². The highest BCUT2D eigenvalue weighted by Crippen LogP contribution is 2.40. The molecule has 1 amide bonds. The number of methoxy groups -OCH3 is 3. The lowest BCUT2D eigenvalue weighted by Gasteiger charge is -2.14. The van der Waals surface area contributed by atoms with E-state index in [9.17, 15) is 4.79 Å². The summed E-state index contributed by atoms with van der Waals surface area (Å²) in [5.41, 5.74) is 3.02. The smallest absolute Gasteiger partial charge is 0.276 e. The summed E-state index contributed by atoms with van der Waals surface area (Å²) in [6.45, 7) is 0.865. The van der Waals surface area contributed by atoms with E-state index in [1.807, 2.05) is 30.3 Å². The molecule has 0 radical (unpaired) electrons. The molecule has 0 saturated heterocycles. The predicted molar refractivity (Wildman–Crippen MR) is 119 cm³/mol. The molecule has 7 heteroatoms. The van der Waals surface area contributed by atoms with Crippen LogP contribution in [0.15, 0.2) is 42.5 Å². The summed E-state index contributed by atoms with van der Waals surface area (Å²) in [5, 5.41) is 2.96. The molecule has 2 aromatic carbocycles. The van der Waals surface area contributed by atoms with Crippen LogP contribution in [0.1, 0.15) is 35.4 Å². The molecule has 0 bridgehead atoms. The third-order valence-electron chi connectivity index (χ3n) is 5.54. The molecule has 0 atom stereocenters. The minimum atomic E-state index is -0.248. The minimum absolute atomic E-state index is 0.248. The van der Waals surface area contributed by atoms with Crippen LogP contribution in [0.25, 0.3) is 11.4 Å². The summed E-state index contributed by atoms with van der Waals surface area (Å²) in [7, 11) is 4.64. The quantitative estimate of drug-likeness (QED) is 0.632. The maximum absolute atomic E-state index is 13.3. The zero-order valence-corrected chi connectivity index (χ0v) is 18.1. The fourth-order valence-corrected chi connectivity index (χ4v) is 4.05. The number of imidazole rings is 1. The van der Waals surface area contributed by atoms with Crippen molar-refractivity contribution in [3.05, 3.63) is 53.9 Å². The van der Waals surface area contributed by atoms with Crippen LogP contribution < -0.4 is 19.5 Å². The first kappa shape index (κ1) is 20.8. The maximum Gasteiger partial charge on any atom is 0.276 e. The molecule has 0 aliphatic carbocycles. The first-order chi connectivity index (χ1) is 15.2. The lowest BCUT2D eigenvalue weighted by Crippen LogP contribution is -2.15. The number of nitrogens with zero attached hydrogens (tertiary/aromatic N) is 2. The Morgan fingerprint density at radius 3 is 2.32 bits per heavy atom. The van der Waals surface area contributed by atoms with Gasteiger partial charge in [-0.3, -0.25) is 4.79 Å². The van der Waals surface area contributed by atoms with E-state index in [2.05, 4.69) is 9.88 Å². The molecule has 4 rings (SSSR count). The molecule has 1 aromatic heterocycles. The Morgan fingerprint density at radius 1 is 0.968 bits per heavy atom. The Kier molecular flexibility index (Phi) is 6.11. The standard InChI is InChI=1S/C24H27N3O4/c1-29-19-14-17(15-20(30-2)22(19)31-3)25-24(28)21-18-12-8-5-9-13-27(18)23(26-21)16-10-6-4-7-11-16/h4,6-7,10-11,14-15H,5,8-9,12-13H2,1-3H3,(H,25,28). The van der Waals surface area contributed by atoms with Gasteiger partial charge in [-0.15, -0.1) is 0 Å². The van der Waals surface area contributed by atoms with Gasteiger partial charge >= 0.3 is 0 Å². The molecule has 162 valence electrons. The van der Waals surface area contributed by atoms with Gasteiger partial charge in [-0.05, 0) is 19.3 Å². The lowest BCUT2D eigenvalue weighted by atomic mass is 10.1. The summed E-state index contributed by atoms with van der Waals surface area (Å²) in [4.78, 5) is 18.1. The van der Waals surface area contributed by atoms with Crippen LogP contribution in [0.2, 0.25) is 0 Å². The van der Waals surface area contributed by atoms with Crippen molar-refractivity contribution >= 4 is 11.6 Å². The van der Waals surface area contributed by atoms with Gasteiger partial charge in [-0.25, -0.2) is 4.98 Å². The molecule has 31 heavy (non-hydrogen) atoms. The number of aromatic nitrogens is 2. The molecule has 0 spiro atoms. The first-order valence-corrected chi connectivity index (χ1v) is 10.4. The molecule has 1 aliphatic rings. The molecule has 1 aliphatic heterocycles. The Hall–Kier alpha value is -3.48. The number of anilines is 1. The van der Waals surface area contributed by atoms with E-state index in [0.29, 0.717) is 28.6 Å². The Bertz CT molecular complexity index is 1050. The predicted octanol–water partition coefficient (Wildman–Crippen LogP) is 4.55. The number of hydrogen-bond donors (Lipinski definition) is 1. The van der Waals surface area contributed by atoms with E-state index in [4.69, 9.17) is 19.2 Å². The van der Waals surface area contributed by atoms with Crippen molar-refractivity contribution in [1.82, 2.24) is 9.55 Å². The fraction of sp³-hybridized carbons (Fsp3) is 0.333. The lowest BCUT2D eigenvalue weighted by molar-refractivity contribution is 0.102. The van der Waals surface area contributed by atoms with Crippen molar-refractivity contribution in [3.8, 4) is 28.6 Å². The van der Waals surface area contributed by atoms with Crippen LogP contribution in [-0.4, -0.2) is 36.8 Å². The number of rotatable bonds is 6. The van der Waals surface area contributed by atoms with Crippen molar-refractivity contribution in [2.24, 2.45) is 0 Å². The van der Waals surface area contributed by atoms with Gasteiger partial charge in [-0.2, -0.15) is 0 Å². The highest BCUT2D eigenvalue weighted by molar-refractivity contribution is 6.04. The molecule has 3 aromatic rings. The van der Waals surface area contributed by atoms with Crippen molar-refractivity contribution in [3.63, 3.8) is 0 Å². The second kappa shape index (κ2) is 9.12. The van der Waals surface area contributed by atoms with E-state index in [1.165, 1.54) is 0 Å². The Morgan fingerprint density at radius 2 is 1.68 bits per heavy atom. The van der Waals surface area contributed by atoms with Crippen LogP contribution in [0.4, 0.5) is 5.69 Å². The zero-order valence-electron chi connectivity index (χ0n) is 18.1. The molecule has 0 unspecified atom stereocenters. The molecular formula is C24H27N3O4. The topological polar surface area (TPSA) is 74.6 Å². The van der Waals surface area contributed by atoms with Gasteiger partial charge in [0.05, 0.1) is 27.0 Å². The van der Waals surface area contributed by atoms with Gasteiger partial charge in [0, 0.05) is 29.9 Å². The van der Waals surface area contributed by atoms with Gasteiger partial charge in [-0.1, -0.05) is 36.8 Å². The summed E-state index contributed by atoms with van der Waals surface area (Å²) < 4.78 is 18.4. The van der Waals surface area contributed by atoms with Gasteiger partial charge in [0.2, 0.25) is 5.75 Å². The normalized spacial score (nSPS) is 13.1. The average molecular weight is 421 g/mol. The van der Waals surface area contributed by atoms with Gasteiger partial charge < -0.3 is 24.1 Å². The minimum Gasteiger partial charge on any atom is -0.493 e. The summed E-state index contributed by atoms with van der Waals surface area (Å²) >= 11 is 0. The van der Waals surface area contributed by atoms with E-state index in [0.717, 1.165) is 49.3 Å². The number of benzene rings is 2. The average Bonchev–Trinajstić information content (AvgIpc) is 2.99. The molecule has 7 nitrogen and oxygen atoms in total. The van der Waals surface area contributed by atoms with Gasteiger partial charge in [0.25, 0.3) is 5.91 Å². The third kappa shape index (κ3) is 4.08. The number of ether oxygens (including phenoxy) is 3. The highest BCUT2D eigenvalue weighted by Gasteiger charge is 2.25. The molecule has 2 heterocycles. The number of carbonyl (C=O) groups excluding carboxylic acids is 1. The van der Waals surface area contributed by atoms with Crippen molar-refractivity contribution in [1.29, 1.82) is 0 Å². The van der Waals surface area contributed by atoms with Crippen molar-refractivity contribution in [2.45, 2.75) is 32.2 Å².